The lowest BCUT2D eigenvalue weighted by Crippen LogP contribution is -2.41. The van der Waals surface area contributed by atoms with E-state index in [0.29, 0.717) is 6.04 Å². The Bertz CT molecular complexity index is 323. The van der Waals surface area contributed by atoms with Crippen LogP contribution >= 0.6 is 0 Å². The van der Waals surface area contributed by atoms with Gasteiger partial charge in [0.1, 0.15) is 0 Å². The maximum atomic E-state index is 5.74. The van der Waals surface area contributed by atoms with Gasteiger partial charge in [-0.1, -0.05) is 50.1 Å². The van der Waals surface area contributed by atoms with Gasteiger partial charge in [0.05, 0.1) is 0 Å². The number of hydrogen-bond donors (Lipinski definition) is 2. The van der Waals surface area contributed by atoms with Gasteiger partial charge in [0.25, 0.3) is 0 Å². The molecule has 1 aliphatic carbocycles. The second kappa shape index (κ2) is 6.18. The van der Waals surface area contributed by atoms with Crippen molar-refractivity contribution < 1.29 is 0 Å². The Morgan fingerprint density at radius 1 is 1.29 bits per heavy atom. The van der Waals surface area contributed by atoms with Gasteiger partial charge in [-0.25, -0.2) is 0 Å². The summed E-state index contributed by atoms with van der Waals surface area (Å²) in [5.41, 5.74) is 4.42. The highest BCUT2D eigenvalue weighted by Gasteiger charge is 2.29. The molecule has 94 valence electrons. The van der Waals surface area contributed by atoms with Crippen molar-refractivity contribution >= 4 is 0 Å². The fourth-order valence-corrected chi connectivity index (χ4v) is 3.08. The van der Waals surface area contributed by atoms with Crippen molar-refractivity contribution in [2.75, 3.05) is 0 Å². The third-order valence-electron chi connectivity index (χ3n) is 4.24. The van der Waals surface area contributed by atoms with E-state index in [9.17, 15) is 0 Å². The first-order chi connectivity index (χ1) is 8.33. The number of hydrogen-bond acceptors (Lipinski definition) is 2. The van der Waals surface area contributed by atoms with E-state index in [1.807, 2.05) is 0 Å². The molecule has 0 aliphatic heterocycles. The van der Waals surface area contributed by atoms with Gasteiger partial charge in [-0.15, -0.1) is 0 Å². The fourth-order valence-electron chi connectivity index (χ4n) is 3.08. The van der Waals surface area contributed by atoms with E-state index in [1.165, 1.54) is 31.2 Å². The number of hydrazine groups is 1. The lowest BCUT2D eigenvalue weighted by Gasteiger charge is -2.23. The largest absolute Gasteiger partial charge is 0.271 e. The first-order valence-corrected chi connectivity index (χ1v) is 6.83. The third kappa shape index (κ3) is 3.30. The van der Waals surface area contributed by atoms with Crippen LogP contribution in [-0.2, 0) is 6.42 Å². The summed E-state index contributed by atoms with van der Waals surface area (Å²) < 4.78 is 0. The molecule has 3 N–H and O–H groups in total. The highest BCUT2D eigenvalue weighted by atomic mass is 15.2. The molecule has 0 bridgehead atoms. The van der Waals surface area contributed by atoms with Crippen molar-refractivity contribution in [2.45, 2.75) is 45.1 Å². The summed E-state index contributed by atoms with van der Waals surface area (Å²) in [5.74, 6) is 7.41. The number of rotatable bonds is 5. The highest BCUT2D eigenvalue weighted by molar-refractivity contribution is 5.16. The molecular weight excluding hydrogens is 208 g/mol. The van der Waals surface area contributed by atoms with Crippen molar-refractivity contribution in [2.24, 2.45) is 17.7 Å². The molecule has 3 unspecified atom stereocenters. The number of benzene rings is 1. The lowest BCUT2D eigenvalue weighted by atomic mass is 9.91. The topological polar surface area (TPSA) is 38.0 Å². The summed E-state index contributed by atoms with van der Waals surface area (Å²) in [7, 11) is 0. The van der Waals surface area contributed by atoms with Gasteiger partial charge in [0.2, 0.25) is 0 Å². The van der Waals surface area contributed by atoms with Crippen LogP contribution in [0.5, 0.6) is 0 Å². The molecule has 3 atom stereocenters. The quantitative estimate of drug-likeness (QED) is 0.605. The van der Waals surface area contributed by atoms with Gasteiger partial charge < -0.3 is 0 Å². The first kappa shape index (κ1) is 12.6. The van der Waals surface area contributed by atoms with Crippen molar-refractivity contribution in [3.8, 4) is 0 Å². The van der Waals surface area contributed by atoms with Crippen LogP contribution in [0.25, 0.3) is 0 Å². The van der Waals surface area contributed by atoms with Gasteiger partial charge in [0, 0.05) is 6.04 Å². The zero-order valence-electron chi connectivity index (χ0n) is 10.7. The standard InChI is InChI=1S/C15H24N2/c1-2-12-8-9-14(10-12)15(17-16)11-13-6-4-3-5-7-13/h3-7,12,14-15,17H,2,8-11,16H2,1H3. The Hall–Kier alpha value is -0.860. The molecule has 17 heavy (non-hydrogen) atoms. The molecule has 0 spiro atoms. The van der Waals surface area contributed by atoms with Gasteiger partial charge >= 0.3 is 0 Å². The average molecular weight is 232 g/mol. The zero-order chi connectivity index (χ0) is 12.1. The zero-order valence-corrected chi connectivity index (χ0v) is 10.7. The predicted molar refractivity (Wildman–Crippen MR) is 72.4 cm³/mol. The van der Waals surface area contributed by atoms with Crippen LogP contribution in [0.4, 0.5) is 0 Å². The Morgan fingerprint density at radius 3 is 2.65 bits per heavy atom. The lowest BCUT2D eigenvalue weighted by molar-refractivity contribution is 0.348. The van der Waals surface area contributed by atoms with Crippen LogP contribution in [0, 0.1) is 11.8 Å². The van der Waals surface area contributed by atoms with Crippen LogP contribution in [0.15, 0.2) is 30.3 Å². The molecule has 0 heterocycles. The van der Waals surface area contributed by atoms with Crippen LogP contribution in [0.2, 0.25) is 0 Å². The molecule has 1 aromatic carbocycles. The van der Waals surface area contributed by atoms with Gasteiger partial charge in [-0.3, -0.25) is 11.3 Å². The summed E-state index contributed by atoms with van der Waals surface area (Å²) in [6, 6.07) is 11.1. The number of nitrogens with one attached hydrogen (secondary N) is 1. The van der Waals surface area contributed by atoms with Crippen LogP contribution in [0.3, 0.4) is 0 Å². The molecule has 2 rings (SSSR count). The maximum Gasteiger partial charge on any atom is 0.0279 e. The molecule has 1 aliphatic rings. The van der Waals surface area contributed by atoms with Crippen molar-refractivity contribution in [3.05, 3.63) is 35.9 Å². The van der Waals surface area contributed by atoms with Crippen LogP contribution in [0.1, 0.15) is 38.2 Å². The van der Waals surface area contributed by atoms with Crippen LogP contribution in [-0.4, -0.2) is 6.04 Å². The summed E-state index contributed by atoms with van der Waals surface area (Å²) in [6.07, 6.45) is 6.43. The minimum absolute atomic E-state index is 0.439. The van der Waals surface area contributed by atoms with Crippen molar-refractivity contribution in [3.63, 3.8) is 0 Å². The predicted octanol–water partition coefficient (Wildman–Crippen LogP) is 2.89. The smallest absolute Gasteiger partial charge is 0.0279 e. The Morgan fingerprint density at radius 2 is 2.06 bits per heavy atom. The maximum absolute atomic E-state index is 5.74. The molecule has 0 aromatic heterocycles. The molecule has 1 saturated carbocycles. The number of nitrogens with two attached hydrogens (primary N) is 1. The molecule has 0 saturated heterocycles. The summed E-state index contributed by atoms with van der Waals surface area (Å²) >= 11 is 0. The Kier molecular flexibility index (Phi) is 4.57. The average Bonchev–Trinajstić information content (AvgIpc) is 2.86. The van der Waals surface area contributed by atoms with Gasteiger partial charge in [-0.05, 0) is 36.7 Å². The summed E-state index contributed by atoms with van der Waals surface area (Å²) in [4.78, 5) is 0. The molecule has 0 radical (unpaired) electrons. The third-order valence-corrected chi connectivity index (χ3v) is 4.24. The molecule has 1 aromatic rings. The summed E-state index contributed by atoms with van der Waals surface area (Å²) in [5, 5.41) is 0. The minimum Gasteiger partial charge on any atom is -0.271 e. The second-order valence-electron chi connectivity index (χ2n) is 5.31. The molecular formula is C15H24N2. The fraction of sp³-hybridized carbons (Fsp3) is 0.600. The van der Waals surface area contributed by atoms with Crippen molar-refractivity contribution in [1.82, 2.24) is 5.43 Å². The normalized spacial score (nSPS) is 26.0. The molecule has 0 amide bonds. The molecule has 1 fully saturated rings. The first-order valence-electron chi connectivity index (χ1n) is 6.83. The van der Waals surface area contributed by atoms with Crippen LogP contribution < -0.4 is 11.3 Å². The van der Waals surface area contributed by atoms with E-state index in [0.717, 1.165) is 18.3 Å². The van der Waals surface area contributed by atoms with Gasteiger partial charge in [-0.2, -0.15) is 0 Å². The second-order valence-corrected chi connectivity index (χ2v) is 5.31. The van der Waals surface area contributed by atoms with E-state index in [-0.39, 0.29) is 0 Å². The molecule has 2 heteroatoms. The van der Waals surface area contributed by atoms with E-state index in [1.54, 1.807) is 0 Å². The van der Waals surface area contributed by atoms with Gasteiger partial charge in [0.15, 0.2) is 0 Å². The SMILES string of the molecule is CCC1CCC(C(Cc2ccccc2)NN)C1. The molecule has 2 nitrogen and oxygen atoms in total. The Balaban J connectivity index is 1.93. The Labute approximate surface area is 105 Å². The summed E-state index contributed by atoms with van der Waals surface area (Å²) in [6.45, 7) is 2.30. The van der Waals surface area contributed by atoms with E-state index in [2.05, 4.69) is 42.7 Å². The monoisotopic (exact) mass is 232 g/mol. The van der Waals surface area contributed by atoms with Crippen molar-refractivity contribution in [1.29, 1.82) is 0 Å². The minimum atomic E-state index is 0.439. The van der Waals surface area contributed by atoms with E-state index in [4.69, 9.17) is 5.84 Å². The van der Waals surface area contributed by atoms with E-state index < -0.39 is 0 Å². The van der Waals surface area contributed by atoms with E-state index >= 15 is 0 Å². The highest BCUT2D eigenvalue weighted by Crippen LogP contribution is 2.35.